The lowest BCUT2D eigenvalue weighted by Gasteiger charge is -2.27. The van der Waals surface area contributed by atoms with Gasteiger partial charge in [-0.25, -0.2) is 0 Å². The van der Waals surface area contributed by atoms with Gasteiger partial charge in [0.25, 0.3) is 11.7 Å². The SMILES string of the molecule is CCN(CC)CCCN1C(=O)C(=O)/C(=C(/O)c2ccc3cc(OC)ccc3c2)C1c1ccc(OC)c(OC)c1. The summed E-state index contributed by atoms with van der Waals surface area (Å²) in [5.74, 6) is 0.194. The molecule has 1 unspecified atom stereocenters. The van der Waals surface area contributed by atoms with Gasteiger partial charge < -0.3 is 29.1 Å². The predicted molar refractivity (Wildman–Crippen MR) is 151 cm³/mol. The van der Waals surface area contributed by atoms with Crippen LogP contribution in [0.25, 0.3) is 16.5 Å². The second kappa shape index (κ2) is 12.2. The Labute approximate surface area is 229 Å². The molecule has 1 aliphatic rings. The van der Waals surface area contributed by atoms with Gasteiger partial charge >= 0.3 is 0 Å². The lowest BCUT2D eigenvalue weighted by molar-refractivity contribution is -0.140. The zero-order chi connectivity index (χ0) is 28.1. The Kier molecular flexibility index (Phi) is 8.76. The molecule has 3 aromatic carbocycles. The van der Waals surface area contributed by atoms with Crippen molar-refractivity contribution < 1.29 is 28.9 Å². The highest BCUT2D eigenvalue weighted by Crippen LogP contribution is 2.42. The number of aliphatic hydroxyl groups excluding tert-OH is 1. The molecule has 1 saturated heterocycles. The molecular weight excluding hydrogens is 496 g/mol. The first-order chi connectivity index (χ1) is 18.9. The van der Waals surface area contributed by atoms with Crippen molar-refractivity contribution in [3.05, 3.63) is 71.3 Å². The number of carbonyl (C=O) groups is 2. The summed E-state index contributed by atoms with van der Waals surface area (Å²) in [5.41, 5.74) is 1.17. The molecule has 0 bridgehead atoms. The van der Waals surface area contributed by atoms with Crippen molar-refractivity contribution in [2.24, 2.45) is 0 Å². The zero-order valence-corrected chi connectivity index (χ0v) is 23.2. The molecule has 0 radical (unpaired) electrons. The number of rotatable bonds is 11. The zero-order valence-electron chi connectivity index (χ0n) is 23.2. The van der Waals surface area contributed by atoms with Crippen LogP contribution >= 0.6 is 0 Å². The summed E-state index contributed by atoms with van der Waals surface area (Å²) < 4.78 is 16.2. The first-order valence-electron chi connectivity index (χ1n) is 13.2. The minimum atomic E-state index is -0.770. The minimum absolute atomic E-state index is 0.0583. The number of hydrogen-bond donors (Lipinski definition) is 1. The third-order valence-corrected chi connectivity index (χ3v) is 7.35. The van der Waals surface area contributed by atoms with Gasteiger partial charge in [-0.2, -0.15) is 0 Å². The normalized spacial score (nSPS) is 16.8. The highest BCUT2D eigenvalue weighted by Gasteiger charge is 2.46. The Morgan fingerprint density at radius 2 is 1.56 bits per heavy atom. The Morgan fingerprint density at radius 3 is 2.23 bits per heavy atom. The fourth-order valence-corrected chi connectivity index (χ4v) is 5.14. The fourth-order valence-electron chi connectivity index (χ4n) is 5.14. The van der Waals surface area contributed by atoms with Crippen LogP contribution in [-0.4, -0.2) is 74.1 Å². The van der Waals surface area contributed by atoms with E-state index < -0.39 is 17.7 Å². The molecule has 1 aliphatic heterocycles. The first kappa shape index (κ1) is 28.0. The highest BCUT2D eigenvalue weighted by molar-refractivity contribution is 6.46. The third-order valence-electron chi connectivity index (χ3n) is 7.35. The van der Waals surface area contributed by atoms with Crippen molar-refractivity contribution in [2.75, 3.05) is 47.5 Å². The molecule has 1 atom stereocenters. The van der Waals surface area contributed by atoms with Crippen molar-refractivity contribution in [2.45, 2.75) is 26.3 Å². The number of carbonyl (C=O) groups excluding carboxylic acids is 2. The Balaban J connectivity index is 1.81. The van der Waals surface area contributed by atoms with E-state index in [9.17, 15) is 14.7 Å². The third kappa shape index (κ3) is 5.56. The van der Waals surface area contributed by atoms with Gasteiger partial charge in [0.15, 0.2) is 11.5 Å². The van der Waals surface area contributed by atoms with Gasteiger partial charge in [0.2, 0.25) is 0 Å². The number of ether oxygens (including phenoxy) is 3. The molecule has 0 spiro atoms. The Morgan fingerprint density at radius 1 is 0.872 bits per heavy atom. The van der Waals surface area contributed by atoms with E-state index in [1.54, 1.807) is 43.4 Å². The van der Waals surface area contributed by atoms with Crippen molar-refractivity contribution in [3.8, 4) is 17.2 Å². The van der Waals surface area contributed by atoms with Gasteiger partial charge in [-0.1, -0.05) is 38.1 Å². The molecule has 1 N–H and O–H groups in total. The molecular formula is C31H36N2O6. The quantitative estimate of drug-likeness (QED) is 0.211. The van der Waals surface area contributed by atoms with E-state index in [1.165, 1.54) is 7.11 Å². The second-order valence-corrected chi connectivity index (χ2v) is 9.42. The van der Waals surface area contributed by atoms with E-state index in [2.05, 4.69) is 18.7 Å². The molecule has 1 fully saturated rings. The fraction of sp³-hybridized carbons (Fsp3) is 0.355. The van der Waals surface area contributed by atoms with Crippen LogP contribution in [0.1, 0.15) is 37.4 Å². The van der Waals surface area contributed by atoms with E-state index >= 15 is 0 Å². The number of nitrogens with zero attached hydrogens (tertiary/aromatic N) is 2. The molecule has 0 saturated carbocycles. The molecule has 1 amide bonds. The number of ketones is 1. The molecule has 8 nitrogen and oxygen atoms in total. The van der Waals surface area contributed by atoms with Crippen LogP contribution in [0, 0.1) is 0 Å². The summed E-state index contributed by atoms with van der Waals surface area (Å²) in [6.07, 6.45) is 0.691. The van der Waals surface area contributed by atoms with Crippen LogP contribution in [0.2, 0.25) is 0 Å². The first-order valence-corrected chi connectivity index (χ1v) is 13.2. The Hall–Kier alpha value is -4.04. The van der Waals surface area contributed by atoms with Gasteiger partial charge in [-0.3, -0.25) is 9.59 Å². The molecule has 206 valence electrons. The van der Waals surface area contributed by atoms with Crippen molar-refractivity contribution in [1.82, 2.24) is 9.80 Å². The van der Waals surface area contributed by atoms with E-state index in [-0.39, 0.29) is 11.3 Å². The summed E-state index contributed by atoms with van der Waals surface area (Å²) in [5, 5.41) is 13.3. The highest BCUT2D eigenvalue weighted by atomic mass is 16.5. The van der Waals surface area contributed by atoms with Crippen LogP contribution in [0.4, 0.5) is 0 Å². The molecule has 0 aromatic heterocycles. The predicted octanol–water partition coefficient (Wildman–Crippen LogP) is 5.02. The van der Waals surface area contributed by atoms with Crippen molar-refractivity contribution in [3.63, 3.8) is 0 Å². The maximum atomic E-state index is 13.5. The lowest BCUT2D eigenvalue weighted by atomic mass is 9.94. The number of aliphatic hydroxyl groups is 1. The van der Waals surface area contributed by atoms with E-state index in [0.717, 1.165) is 36.2 Å². The van der Waals surface area contributed by atoms with Gasteiger partial charge in [0.05, 0.1) is 32.9 Å². The van der Waals surface area contributed by atoms with Crippen LogP contribution in [0.3, 0.4) is 0 Å². The second-order valence-electron chi connectivity index (χ2n) is 9.42. The summed E-state index contributed by atoms with van der Waals surface area (Å²) in [6, 6.07) is 15.6. The average Bonchev–Trinajstić information content (AvgIpc) is 3.22. The average molecular weight is 533 g/mol. The van der Waals surface area contributed by atoms with Crippen LogP contribution in [-0.2, 0) is 9.59 Å². The molecule has 1 heterocycles. The topological polar surface area (TPSA) is 88.5 Å². The standard InChI is InChI=1S/C31H36N2O6/c1-6-32(7-2)15-8-16-33-28(22-12-14-25(38-4)26(19-22)39-5)27(30(35)31(33)36)29(34)23-10-9-21-18-24(37-3)13-11-20(21)17-23/h9-14,17-19,28,34H,6-8,15-16H2,1-5H3/b29-27+. The summed E-state index contributed by atoms with van der Waals surface area (Å²) >= 11 is 0. The molecule has 8 heteroatoms. The van der Waals surface area contributed by atoms with E-state index in [4.69, 9.17) is 14.2 Å². The summed E-state index contributed by atoms with van der Waals surface area (Å²) in [7, 11) is 4.69. The van der Waals surface area contributed by atoms with E-state index in [1.807, 2.05) is 30.3 Å². The largest absolute Gasteiger partial charge is 0.507 e. The van der Waals surface area contributed by atoms with Crippen LogP contribution < -0.4 is 14.2 Å². The van der Waals surface area contributed by atoms with Gasteiger partial charge in [-0.05, 0) is 72.7 Å². The minimum Gasteiger partial charge on any atom is -0.507 e. The summed E-state index contributed by atoms with van der Waals surface area (Å²) in [4.78, 5) is 30.6. The number of methoxy groups -OCH3 is 3. The molecule has 4 rings (SSSR count). The number of amides is 1. The van der Waals surface area contributed by atoms with Gasteiger partial charge in [0.1, 0.15) is 11.5 Å². The maximum Gasteiger partial charge on any atom is 0.295 e. The summed E-state index contributed by atoms with van der Waals surface area (Å²) in [6.45, 7) is 7.17. The van der Waals surface area contributed by atoms with E-state index in [0.29, 0.717) is 35.6 Å². The number of benzene rings is 3. The number of likely N-dealkylation sites (tertiary alicyclic amines) is 1. The van der Waals surface area contributed by atoms with Gasteiger partial charge in [0, 0.05) is 12.1 Å². The number of Topliss-reactive ketones (excluding diaryl/α,β-unsaturated/α-hetero) is 1. The smallest absolute Gasteiger partial charge is 0.295 e. The molecule has 3 aromatic rings. The maximum absolute atomic E-state index is 13.5. The van der Waals surface area contributed by atoms with Crippen LogP contribution in [0.5, 0.6) is 17.2 Å². The number of hydrogen-bond acceptors (Lipinski definition) is 7. The van der Waals surface area contributed by atoms with Crippen molar-refractivity contribution in [1.29, 1.82) is 0 Å². The van der Waals surface area contributed by atoms with Crippen molar-refractivity contribution >= 4 is 28.2 Å². The Bertz CT molecular complexity index is 1400. The van der Waals surface area contributed by atoms with Gasteiger partial charge in [-0.15, -0.1) is 0 Å². The van der Waals surface area contributed by atoms with Crippen LogP contribution in [0.15, 0.2) is 60.2 Å². The lowest BCUT2D eigenvalue weighted by Crippen LogP contribution is -2.33. The molecule has 39 heavy (non-hydrogen) atoms. The number of fused-ring (bicyclic) bond motifs is 1. The monoisotopic (exact) mass is 532 g/mol. The molecule has 0 aliphatic carbocycles.